The number of nitrogens with one attached hydrogen (secondary N) is 1. The molecule has 0 aliphatic rings. The quantitative estimate of drug-likeness (QED) is 0.843. The van der Waals surface area contributed by atoms with Gasteiger partial charge < -0.3 is 9.47 Å². The summed E-state index contributed by atoms with van der Waals surface area (Å²) in [5.41, 5.74) is 0. The predicted molar refractivity (Wildman–Crippen MR) is 71.3 cm³/mol. The number of sulfonamides is 1. The van der Waals surface area contributed by atoms with E-state index in [0.29, 0.717) is 6.54 Å². The molecule has 19 heavy (non-hydrogen) atoms. The van der Waals surface area contributed by atoms with Gasteiger partial charge in [-0.25, -0.2) is 13.4 Å². The molecular formula is C10H17ClN4O3S. The Morgan fingerprint density at radius 3 is 2.63 bits per heavy atom. The minimum atomic E-state index is -3.92. The molecule has 0 aliphatic carbocycles. The van der Waals surface area contributed by atoms with Crippen LogP contribution in [-0.4, -0.2) is 48.4 Å². The van der Waals surface area contributed by atoms with Crippen molar-refractivity contribution >= 4 is 27.5 Å². The van der Waals surface area contributed by atoms with E-state index in [1.807, 2.05) is 0 Å². The van der Waals surface area contributed by atoms with Gasteiger partial charge in [0, 0.05) is 20.6 Å². The van der Waals surface area contributed by atoms with Crippen LogP contribution in [0.25, 0.3) is 0 Å². The molecule has 108 valence electrons. The summed E-state index contributed by atoms with van der Waals surface area (Å²) in [4.78, 5) is 17.0. The summed E-state index contributed by atoms with van der Waals surface area (Å²) >= 11 is 5.83. The zero-order valence-electron chi connectivity index (χ0n) is 11.2. The molecule has 1 atom stereocenters. The molecule has 0 saturated carbocycles. The van der Waals surface area contributed by atoms with E-state index in [0.717, 1.165) is 0 Å². The number of likely N-dealkylation sites (N-methyl/N-ethyl adjacent to an activating group) is 1. The van der Waals surface area contributed by atoms with E-state index in [9.17, 15) is 13.2 Å². The van der Waals surface area contributed by atoms with Gasteiger partial charge in [0.1, 0.15) is 5.15 Å². The fourth-order valence-electron chi connectivity index (χ4n) is 1.40. The third kappa shape index (κ3) is 3.46. The molecule has 1 rings (SSSR count). The maximum absolute atomic E-state index is 12.1. The van der Waals surface area contributed by atoms with Crippen molar-refractivity contribution in [3.05, 3.63) is 11.5 Å². The van der Waals surface area contributed by atoms with Gasteiger partial charge in [0.15, 0.2) is 0 Å². The summed E-state index contributed by atoms with van der Waals surface area (Å²) in [6.45, 7) is 3.77. The highest BCUT2D eigenvalue weighted by atomic mass is 35.5. The van der Waals surface area contributed by atoms with E-state index >= 15 is 0 Å². The van der Waals surface area contributed by atoms with Gasteiger partial charge in [0.25, 0.3) is 10.0 Å². The first-order valence-corrected chi connectivity index (χ1v) is 7.51. The van der Waals surface area contributed by atoms with Crippen molar-refractivity contribution in [1.29, 1.82) is 0 Å². The SMILES string of the molecule is CCN(C)C(=O)C(C)NS(=O)(=O)c1ncn(C)c1Cl. The molecule has 0 bridgehead atoms. The largest absolute Gasteiger partial charge is 0.345 e. The van der Waals surface area contributed by atoms with Crippen LogP contribution in [0.1, 0.15) is 13.8 Å². The number of rotatable bonds is 5. The van der Waals surface area contributed by atoms with E-state index in [1.165, 1.54) is 22.7 Å². The third-order valence-corrected chi connectivity index (χ3v) is 4.67. The molecule has 0 fully saturated rings. The number of hydrogen-bond donors (Lipinski definition) is 1. The number of aromatic nitrogens is 2. The maximum Gasteiger partial charge on any atom is 0.261 e. The van der Waals surface area contributed by atoms with Crippen LogP contribution in [0.4, 0.5) is 0 Å². The van der Waals surface area contributed by atoms with Crippen molar-refractivity contribution in [2.75, 3.05) is 13.6 Å². The molecule has 0 aliphatic heterocycles. The Labute approximate surface area is 117 Å². The highest BCUT2D eigenvalue weighted by Gasteiger charge is 2.27. The van der Waals surface area contributed by atoms with Crippen molar-refractivity contribution in [3.8, 4) is 0 Å². The van der Waals surface area contributed by atoms with Crippen molar-refractivity contribution in [1.82, 2.24) is 19.2 Å². The summed E-state index contributed by atoms with van der Waals surface area (Å²) in [5.74, 6) is -0.321. The van der Waals surface area contributed by atoms with Crippen molar-refractivity contribution in [2.45, 2.75) is 24.9 Å². The minimum Gasteiger partial charge on any atom is -0.345 e. The number of carbonyl (C=O) groups is 1. The van der Waals surface area contributed by atoms with Crippen LogP contribution in [0.5, 0.6) is 0 Å². The zero-order chi connectivity index (χ0) is 14.8. The standard InChI is InChI=1S/C10H17ClN4O3S/c1-5-14(3)10(16)7(2)13-19(17,18)9-8(11)15(4)6-12-9/h6-7,13H,5H2,1-4H3. The van der Waals surface area contributed by atoms with Gasteiger partial charge in [0.05, 0.1) is 12.4 Å². The van der Waals surface area contributed by atoms with Gasteiger partial charge >= 0.3 is 0 Å². The molecule has 7 nitrogen and oxygen atoms in total. The molecule has 0 aromatic carbocycles. The Morgan fingerprint density at radius 1 is 1.63 bits per heavy atom. The molecule has 1 amide bonds. The maximum atomic E-state index is 12.1. The molecule has 1 aromatic heterocycles. The van der Waals surface area contributed by atoms with Gasteiger partial charge in [-0.2, -0.15) is 4.72 Å². The highest BCUT2D eigenvalue weighted by Crippen LogP contribution is 2.18. The van der Waals surface area contributed by atoms with Crippen LogP contribution in [0.2, 0.25) is 5.15 Å². The van der Waals surface area contributed by atoms with E-state index in [2.05, 4.69) is 9.71 Å². The van der Waals surface area contributed by atoms with Crippen molar-refractivity contribution in [2.24, 2.45) is 7.05 Å². The minimum absolute atomic E-state index is 0.00371. The van der Waals surface area contributed by atoms with E-state index < -0.39 is 16.1 Å². The molecule has 1 unspecified atom stereocenters. The normalized spacial score (nSPS) is 13.3. The summed E-state index contributed by atoms with van der Waals surface area (Å²) < 4.78 is 27.7. The van der Waals surface area contributed by atoms with Crippen LogP contribution >= 0.6 is 11.6 Å². The molecule has 0 spiro atoms. The Kier molecular flexibility index (Phi) is 4.94. The second-order valence-electron chi connectivity index (χ2n) is 4.15. The first-order valence-electron chi connectivity index (χ1n) is 5.64. The first-order chi connectivity index (χ1) is 8.70. The monoisotopic (exact) mass is 308 g/mol. The van der Waals surface area contributed by atoms with Crippen LogP contribution in [-0.2, 0) is 21.9 Å². The smallest absolute Gasteiger partial charge is 0.261 e. The van der Waals surface area contributed by atoms with Gasteiger partial charge in [-0.05, 0) is 13.8 Å². The molecule has 1 N–H and O–H groups in total. The average Bonchev–Trinajstić information content (AvgIpc) is 2.68. The number of imidazole rings is 1. The lowest BCUT2D eigenvalue weighted by Crippen LogP contribution is -2.45. The van der Waals surface area contributed by atoms with Crippen LogP contribution in [0.15, 0.2) is 11.4 Å². The first kappa shape index (κ1) is 15.9. The molecular weight excluding hydrogens is 292 g/mol. The number of nitrogens with zero attached hydrogens (tertiary/aromatic N) is 3. The fourth-order valence-corrected chi connectivity index (χ4v) is 3.03. The summed E-state index contributed by atoms with van der Waals surface area (Å²) in [7, 11) is -0.742. The van der Waals surface area contributed by atoms with Gasteiger partial charge in [-0.1, -0.05) is 11.6 Å². The Hall–Kier alpha value is -1.12. The van der Waals surface area contributed by atoms with E-state index in [-0.39, 0.29) is 16.1 Å². The van der Waals surface area contributed by atoms with Crippen molar-refractivity contribution in [3.63, 3.8) is 0 Å². The van der Waals surface area contributed by atoms with Crippen LogP contribution < -0.4 is 4.72 Å². The second-order valence-corrected chi connectivity index (χ2v) is 6.13. The fraction of sp³-hybridized carbons (Fsp3) is 0.600. The van der Waals surface area contributed by atoms with Gasteiger partial charge in [-0.3, -0.25) is 4.79 Å². The lowest BCUT2D eigenvalue weighted by atomic mass is 10.3. The number of halogens is 1. The lowest BCUT2D eigenvalue weighted by Gasteiger charge is -2.20. The number of hydrogen-bond acceptors (Lipinski definition) is 4. The number of aryl methyl sites for hydroxylation is 1. The summed E-state index contributed by atoms with van der Waals surface area (Å²) in [6.07, 6.45) is 1.29. The Balaban J connectivity index is 2.92. The van der Waals surface area contributed by atoms with Gasteiger partial charge in [0.2, 0.25) is 10.9 Å². The third-order valence-electron chi connectivity index (χ3n) is 2.64. The number of carbonyl (C=O) groups excluding carboxylic acids is 1. The highest BCUT2D eigenvalue weighted by molar-refractivity contribution is 7.89. The average molecular weight is 309 g/mol. The lowest BCUT2D eigenvalue weighted by molar-refractivity contribution is -0.131. The Morgan fingerprint density at radius 2 is 2.21 bits per heavy atom. The molecule has 1 aromatic rings. The molecule has 1 heterocycles. The van der Waals surface area contributed by atoms with Crippen molar-refractivity contribution < 1.29 is 13.2 Å². The van der Waals surface area contributed by atoms with E-state index in [1.54, 1.807) is 21.0 Å². The Bertz CT molecular complexity index is 569. The molecule has 0 saturated heterocycles. The second kappa shape index (κ2) is 5.89. The summed E-state index contributed by atoms with van der Waals surface area (Å²) in [5, 5.41) is -0.286. The van der Waals surface area contributed by atoms with Crippen LogP contribution in [0, 0.1) is 0 Å². The number of amides is 1. The zero-order valence-corrected chi connectivity index (χ0v) is 12.8. The summed E-state index contributed by atoms with van der Waals surface area (Å²) in [6, 6.07) is -0.881. The van der Waals surface area contributed by atoms with Crippen LogP contribution in [0.3, 0.4) is 0 Å². The predicted octanol–water partition coefficient (Wildman–Crippen LogP) is 0.219. The van der Waals surface area contributed by atoms with Gasteiger partial charge in [-0.15, -0.1) is 0 Å². The molecule has 0 radical (unpaired) electrons. The van der Waals surface area contributed by atoms with E-state index in [4.69, 9.17) is 11.6 Å². The molecule has 9 heteroatoms. The topological polar surface area (TPSA) is 84.3 Å².